The maximum absolute atomic E-state index is 13.7. The molecule has 5 rings (SSSR count). The van der Waals surface area contributed by atoms with E-state index in [1.54, 1.807) is 42.2 Å². The zero-order valence-corrected chi connectivity index (χ0v) is 22.8. The van der Waals surface area contributed by atoms with Gasteiger partial charge in [-0.2, -0.15) is 9.29 Å². The fraction of sp³-hybridized carbons (Fsp3) is 0.259. The Balaban J connectivity index is 1.39. The van der Waals surface area contributed by atoms with Crippen LogP contribution in [0, 0.1) is 6.92 Å². The number of amides is 1. The van der Waals surface area contributed by atoms with Gasteiger partial charge in [-0.3, -0.25) is 9.59 Å². The molecule has 1 saturated heterocycles. The van der Waals surface area contributed by atoms with Gasteiger partial charge in [-0.25, -0.2) is 8.42 Å². The number of sulfonamides is 1. The Morgan fingerprint density at radius 2 is 1.79 bits per heavy atom. The minimum Gasteiger partial charge on any atom is -0.469 e. The molecule has 202 valence electrons. The van der Waals surface area contributed by atoms with Crippen LogP contribution in [0.3, 0.4) is 0 Å². The monoisotopic (exact) mass is 568 g/mol. The topological polar surface area (TPSA) is 123 Å². The predicted octanol–water partition coefficient (Wildman–Crippen LogP) is 3.82. The first-order chi connectivity index (χ1) is 18.7. The molecule has 0 saturated carbocycles. The quantitative estimate of drug-likeness (QED) is 0.308. The summed E-state index contributed by atoms with van der Waals surface area (Å²) in [5, 5.41) is 5.92. The fourth-order valence-corrected chi connectivity index (χ4v) is 6.37. The third-order valence-corrected chi connectivity index (χ3v) is 8.76. The van der Waals surface area contributed by atoms with E-state index in [-0.39, 0.29) is 24.5 Å². The van der Waals surface area contributed by atoms with Gasteiger partial charge in [-0.05, 0) is 40.6 Å². The third kappa shape index (κ3) is 5.51. The minimum absolute atomic E-state index is 0.0224. The lowest BCUT2D eigenvalue weighted by atomic mass is 10.1. The summed E-state index contributed by atoms with van der Waals surface area (Å²) in [6.07, 6.45) is -0.398. The summed E-state index contributed by atoms with van der Waals surface area (Å²) in [5.74, 6) is -0.231. The molecule has 0 bridgehead atoms. The van der Waals surface area contributed by atoms with Gasteiger partial charge in [-0.15, -0.1) is 0 Å². The summed E-state index contributed by atoms with van der Waals surface area (Å²) in [6.45, 7) is 2.13. The van der Waals surface area contributed by atoms with Crippen molar-refractivity contribution in [2.24, 2.45) is 0 Å². The van der Waals surface area contributed by atoms with Gasteiger partial charge < -0.3 is 14.2 Å². The number of carbonyl (C=O) groups excluding carboxylic acids is 2. The second kappa shape index (κ2) is 10.8. The molecule has 1 aliphatic heterocycles. The SMILES string of the molecule is COC(=O)CC1C(=O)N(Cc2ccc(-c3noc(C)n3)cc2)CCN1S(=O)(=O)c1ccc2cc(Cl)ccc2c1. The first-order valence-corrected chi connectivity index (χ1v) is 13.9. The molecule has 3 aromatic carbocycles. The van der Waals surface area contributed by atoms with E-state index >= 15 is 0 Å². The summed E-state index contributed by atoms with van der Waals surface area (Å²) in [5.41, 5.74) is 1.59. The highest BCUT2D eigenvalue weighted by Gasteiger charge is 2.43. The molecule has 10 nitrogen and oxygen atoms in total. The van der Waals surface area contributed by atoms with E-state index in [9.17, 15) is 18.0 Å². The maximum Gasteiger partial charge on any atom is 0.307 e. The molecule has 0 spiro atoms. The lowest BCUT2D eigenvalue weighted by Crippen LogP contribution is -2.58. The number of nitrogens with zero attached hydrogens (tertiary/aromatic N) is 4. The molecule has 0 aliphatic carbocycles. The summed E-state index contributed by atoms with van der Waals surface area (Å²) >= 11 is 6.05. The van der Waals surface area contributed by atoms with Crippen molar-refractivity contribution in [3.8, 4) is 11.4 Å². The van der Waals surface area contributed by atoms with Gasteiger partial charge in [0.1, 0.15) is 6.04 Å². The minimum atomic E-state index is -4.11. The molecule has 1 unspecified atom stereocenters. The molecule has 1 aliphatic rings. The van der Waals surface area contributed by atoms with Crippen LogP contribution in [-0.4, -0.2) is 65.9 Å². The first-order valence-electron chi connectivity index (χ1n) is 12.1. The smallest absolute Gasteiger partial charge is 0.307 e. The first kappa shape index (κ1) is 26.8. The predicted molar refractivity (Wildman–Crippen MR) is 143 cm³/mol. The van der Waals surface area contributed by atoms with Crippen LogP contribution in [0.5, 0.6) is 0 Å². The van der Waals surface area contributed by atoms with Crippen LogP contribution >= 0.6 is 11.6 Å². The number of halogens is 1. The average Bonchev–Trinajstić information content (AvgIpc) is 3.36. The molecular weight excluding hydrogens is 544 g/mol. The number of aryl methyl sites for hydroxylation is 1. The summed E-state index contributed by atoms with van der Waals surface area (Å²) in [7, 11) is -2.91. The van der Waals surface area contributed by atoms with Crippen molar-refractivity contribution >= 4 is 44.3 Å². The van der Waals surface area contributed by atoms with E-state index in [0.717, 1.165) is 20.8 Å². The van der Waals surface area contributed by atoms with E-state index in [2.05, 4.69) is 10.1 Å². The zero-order valence-electron chi connectivity index (χ0n) is 21.2. The van der Waals surface area contributed by atoms with Gasteiger partial charge >= 0.3 is 5.97 Å². The van der Waals surface area contributed by atoms with Crippen LogP contribution in [0.2, 0.25) is 5.02 Å². The van der Waals surface area contributed by atoms with E-state index < -0.39 is 34.4 Å². The number of aromatic nitrogens is 2. The molecule has 2 heterocycles. The molecular formula is C27H25ClN4O6S. The number of hydrogen-bond acceptors (Lipinski definition) is 8. The lowest BCUT2D eigenvalue weighted by molar-refractivity contribution is -0.148. The second-order valence-corrected chi connectivity index (χ2v) is 11.5. The molecule has 1 fully saturated rings. The summed E-state index contributed by atoms with van der Waals surface area (Å²) in [6, 6.07) is 15.9. The Hall–Kier alpha value is -3.80. The van der Waals surface area contributed by atoms with E-state index in [1.807, 2.05) is 24.3 Å². The highest BCUT2D eigenvalue weighted by molar-refractivity contribution is 7.89. The number of hydrogen-bond donors (Lipinski definition) is 0. The van der Waals surface area contributed by atoms with Gasteiger partial charge in [0.25, 0.3) is 0 Å². The highest BCUT2D eigenvalue weighted by atomic mass is 35.5. The van der Waals surface area contributed by atoms with Crippen molar-refractivity contribution in [3.05, 3.63) is 77.1 Å². The molecule has 0 radical (unpaired) electrons. The van der Waals surface area contributed by atoms with Gasteiger partial charge in [0.05, 0.1) is 18.4 Å². The van der Waals surface area contributed by atoms with Crippen molar-refractivity contribution in [2.75, 3.05) is 20.2 Å². The van der Waals surface area contributed by atoms with E-state index in [4.69, 9.17) is 20.9 Å². The molecule has 1 atom stereocenters. The largest absolute Gasteiger partial charge is 0.469 e. The Morgan fingerprint density at radius 3 is 2.49 bits per heavy atom. The van der Waals surface area contributed by atoms with Gasteiger partial charge in [0.15, 0.2) is 0 Å². The normalized spacial score (nSPS) is 16.5. The van der Waals surface area contributed by atoms with Crippen molar-refractivity contribution < 1.29 is 27.3 Å². The van der Waals surface area contributed by atoms with Crippen LogP contribution in [0.1, 0.15) is 17.9 Å². The van der Waals surface area contributed by atoms with Crippen molar-refractivity contribution in [3.63, 3.8) is 0 Å². The Kier molecular flexibility index (Phi) is 7.39. The molecule has 39 heavy (non-hydrogen) atoms. The number of carbonyl (C=O) groups is 2. The van der Waals surface area contributed by atoms with Crippen LogP contribution in [-0.2, 0) is 30.9 Å². The second-order valence-electron chi connectivity index (χ2n) is 9.16. The number of benzene rings is 3. The standard InChI is InChI=1S/C27H25ClN4O6S/c1-17-29-26(30-38-17)19-5-3-18(4-6-19)16-31-11-12-32(24(27(31)34)15-25(33)37-2)39(35,36)23-10-8-20-13-22(28)9-7-21(20)14-23/h3-10,13-14,24H,11-12,15-16H2,1-2H3. The fourth-order valence-electron chi connectivity index (χ4n) is 4.58. The van der Waals surface area contributed by atoms with E-state index in [1.165, 1.54) is 13.2 Å². The number of esters is 1. The summed E-state index contributed by atoms with van der Waals surface area (Å²) < 4.78 is 38.3. The Labute approximate surface area is 230 Å². The number of methoxy groups -OCH3 is 1. The zero-order chi connectivity index (χ0) is 27.7. The number of fused-ring (bicyclic) bond motifs is 1. The van der Waals surface area contributed by atoms with Gasteiger partial charge in [0.2, 0.25) is 27.6 Å². The van der Waals surface area contributed by atoms with Crippen LogP contribution in [0.25, 0.3) is 22.2 Å². The van der Waals surface area contributed by atoms with Crippen molar-refractivity contribution in [2.45, 2.75) is 30.8 Å². The van der Waals surface area contributed by atoms with Crippen LogP contribution in [0.15, 0.2) is 70.1 Å². The molecule has 1 amide bonds. The van der Waals surface area contributed by atoms with E-state index in [0.29, 0.717) is 22.1 Å². The Morgan fingerprint density at radius 1 is 1.08 bits per heavy atom. The third-order valence-electron chi connectivity index (χ3n) is 6.62. The van der Waals surface area contributed by atoms with Gasteiger partial charge in [-0.1, -0.05) is 53.2 Å². The molecule has 1 aromatic heterocycles. The highest BCUT2D eigenvalue weighted by Crippen LogP contribution is 2.29. The Bertz CT molecular complexity index is 1650. The van der Waals surface area contributed by atoms with Crippen LogP contribution in [0.4, 0.5) is 0 Å². The summed E-state index contributed by atoms with van der Waals surface area (Å²) in [4.78, 5) is 31.6. The van der Waals surface area contributed by atoms with Crippen molar-refractivity contribution in [1.29, 1.82) is 0 Å². The van der Waals surface area contributed by atoms with Gasteiger partial charge in [0, 0.05) is 37.1 Å². The molecule has 4 aromatic rings. The average molecular weight is 569 g/mol. The maximum atomic E-state index is 13.7. The number of rotatable bonds is 7. The molecule has 12 heteroatoms. The lowest BCUT2D eigenvalue weighted by Gasteiger charge is -2.39. The van der Waals surface area contributed by atoms with Crippen molar-refractivity contribution in [1.82, 2.24) is 19.3 Å². The number of piperazine rings is 1. The number of ether oxygens (including phenoxy) is 1. The van der Waals surface area contributed by atoms with Crippen LogP contribution < -0.4 is 0 Å². The molecule has 0 N–H and O–H groups in total.